The van der Waals surface area contributed by atoms with E-state index in [9.17, 15) is 10.2 Å². The zero-order valence-electron chi connectivity index (χ0n) is 29.4. The highest BCUT2D eigenvalue weighted by Gasteiger charge is 2.71. The molecule has 2 N–H and O–H groups in total. The Morgan fingerprint density at radius 3 is 2.10 bits per heavy atom. The molecular formula is C39H69NO2. The Morgan fingerprint density at radius 1 is 0.810 bits per heavy atom. The third-order valence-electron chi connectivity index (χ3n) is 16.0. The molecule has 0 spiro atoms. The average molecular weight is 584 g/mol. The van der Waals surface area contributed by atoms with Crippen molar-refractivity contribution < 1.29 is 10.2 Å². The molecule has 0 unspecified atom stereocenters. The van der Waals surface area contributed by atoms with Crippen LogP contribution in [0.3, 0.4) is 0 Å². The molecular weight excluding hydrogens is 514 g/mol. The van der Waals surface area contributed by atoms with Crippen LogP contribution >= 0.6 is 0 Å². The lowest BCUT2D eigenvalue weighted by atomic mass is 9.32. The molecule has 0 aromatic rings. The second kappa shape index (κ2) is 11.2. The zero-order chi connectivity index (χ0) is 31.0. The van der Waals surface area contributed by atoms with Crippen molar-refractivity contribution >= 4 is 0 Å². The molecule has 0 amide bonds. The number of aliphatic hydroxyl groups excluding tert-OH is 2. The van der Waals surface area contributed by atoms with Crippen molar-refractivity contribution in [2.24, 2.45) is 56.7 Å². The van der Waals surface area contributed by atoms with Gasteiger partial charge in [-0.05, 0) is 169 Å². The Hall–Kier alpha value is -0.380. The van der Waals surface area contributed by atoms with E-state index < -0.39 is 0 Å². The maximum absolute atomic E-state index is 12.2. The zero-order valence-corrected chi connectivity index (χ0v) is 29.4. The van der Waals surface area contributed by atoms with Crippen LogP contribution in [0.4, 0.5) is 0 Å². The Bertz CT molecular complexity index is 994. The Labute approximate surface area is 260 Å². The fourth-order valence-corrected chi connectivity index (χ4v) is 13.6. The van der Waals surface area contributed by atoms with E-state index in [0.29, 0.717) is 52.0 Å². The van der Waals surface area contributed by atoms with E-state index in [2.05, 4.69) is 80.7 Å². The maximum atomic E-state index is 12.2. The predicted molar refractivity (Wildman–Crippen MR) is 177 cm³/mol. The second-order valence-electron chi connectivity index (χ2n) is 18.4. The van der Waals surface area contributed by atoms with Gasteiger partial charge in [0.1, 0.15) is 0 Å². The Morgan fingerprint density at radius 2 is 1.48 bits per heavy atom. The van der Waals surface area contributed by atoms with Crippen LogP contribution in [0.1, 0.15) is 146 Å². The third kappa shape index (κ3) is 4.66. The Kier molecular flexibility index (Phi) is 8.76. The van der Waals surface area contributed by atoms with Crippen LogP contribution in [0, 0.1) is 56.7 Å². The average Bonchev–Trinajstić information content (AvgIpc) is 3.30. The molecule has 11 atom stereocenters. The minimum Gasteiger partial charge on any atom is -0.393 e. The van der Waals surface area contributed by atoms with Gasteiger partial charge < -0.3 is 10.2 Å². The van der Waals surface area contributed by atoms with Crippen LogP contribution in [0.2, 0.25) is 0 Å². The second-order valence-corrected chi connectivity index (χ2v) is 18.4. The van der Waals surface area contributed by atoms with E-state index in [4.69, 9.17) is 0 Å². The van der Waals surface area contributed by atoms with Gasteiger partial charge >= 0.3 is 0 Å². The molecule has 242 valence electrons. The lowest BCUT2D eigenvalue weighted by Crippen LogP contribution is -2.67. The van der Waals surface area contributed by atoms with Crippen LogP contribution in [0.5, 0.6) is 0 Å². The molecule has 3 heteroatoms. The summed E-state index contributed by atoms with van der Waals surface area (Å²) in [5.41, 5.74) is 2.40. The summed E-state index contributed by atoms with van der Waals surface area (Å²) >= 11 is 0. The molecule has 0 aromatic carbocycles. The fraction of sp³-hybridized carbons (Fsp3) is 0.949. The van der Waals surface area contributed by atoms with Gasteiger partial charge in [-0.2, -0.15) is 0 Å². The van der Waals surface area contributed by atoms with Gasteiger partial charge in [0, 0.05) is 17.5 Å². The molecule has 0 heterocycles. The summed E-state index contributed by atoms with van der Waals surface area (Å²) in [6.45, 7) is 30.0. The van der Waals surface area contributed by atoms with Crippen molar-refractivity contribution in [2.75, 3.05) is 6.54 Å². The van der Waals surface area contributed by atoms with E-state index in [1.54, 1.807) is 0 Å². The number of hydrogen-bond acceptors (Lipinski definition) is 3. The molecule has 0 aromatic heterocycles. The van der Waals surface area contributed by atoms with Gasteiger partial charge in [-0.1, -0.05) is 46.8 Å². The number of allylic oxidation sites excluding steroid dienone is 1. The highest BCUT2D eigenvalue weighted by atomic mass is 16.3. The lowest BCUT2D eigenvalue weighted by molar-refractivity contribution is -0.253. The van der Waals surface area contributed by atoms with Crippen molar-refractivity contribution in [1.29, 1.82) is 0 Å². The molecule has 0 saturated heterocycles. The quantitative estimate of drug-likeness (QED) is 0.280. The third-order valence-corrected chi connectivity index (χ3v) is 16.0. The predicted octanol–water partition coefficient (Wildman–Crippen LogP) is 9.26. The molecule has 5 rings (SSSR count). The van der Waals surface area contributed by atoms with Crippen LogP contribution in [-0.2, 0) is 0 Å². The summed E-state index contributed by atoms with van der Waals surface area (Å²) in [5.74, 6) is 3.15. The highest BCUT2D eigenvalue weighted by molar-refractivity contribution is 5.22. The molecule has 3 nitrogen and oxygen atoms in total. The van der Waals surface area contributed by atoms with E-state index >= 15 is 0 Å². The first kappa shape index (κ1) is 33.0. The van der Waals surface area contributed by atoms with E-state index in [-0.39, 0.29) is 23.0 Å². The van der Waals surface area contributed by atoms with Crippen LogP contribution in [0.15, 0.2) is 12.2 Å². The summed E-state index contributed by atoms with van der Waals surface area (Å²) in [4.78, 5) is 2.59. The van der Waals surface area contributed by atoms with Crippen molar-refractivity contribution in [3.05, 3.63) is 12.2 Å². The summed E-state index contributed by atoms with van der Waals surface area (Å²) in [5, 5.41) is 23.3. The van der Waals surface area contributed by atoms with Gasteiger partial charge in [0.15, 0.2) is 0 Å². The topological polar surface area (TPSA) is 43.7 Å². The standard InChI is InChI=1S/C39H69NO2/c1-25(2)28-16-21-39(33(42)13-12-24-40(26(3)4)27(5)6)23-22-37(10)29(34(28)39)14-15-31-36(9)19-18-32(41)35(7,8)30(36)17-20-38(31,37)11/h26-34,41-42H,1,12-24H2,2-11H3/t28-,29+,30-,31+,32-,33-,34+,36-,37+,38+,39+/m0/s1. The first-order chi connectivity index (χ1) is 19.5. The lowest BCUT2D eigenvalue weighted by Gasteiger charge is -2.73. The first-order valence-corrected chi connectivity index (χ1v) is 18.2. The normalized spacial score (nSPS) is 47.1. The summed E-state index contributed by atoms with van der Waals surface area (Å²) in [6.07, 6.45) is 13.9. The number of aliphatic hydroxyl groups is 2. The maximum Gasteiger partial charge on any atom is 0.0599 e. The molecule has 0 aliphatic heterocycles. The van der Waals surface area contributed by atoms with Crippen LogP contribution in [-0.4, -0.2) is 45.9 Å². The number of rotatable bonds is 8. The van der Waals surface area contributed by atoms with E-state index in [1.165, 1.54) is 63.4 Å². The van der Waals surface area contributed by atoms with E-state index in [0.717, 1.165) is 31.7 Å². The first-order valence-electron chi connectivity index (χ1n) is 18.2. The summed E-state index contributed by atoms with van der Waals surface area (Å²) in [7, 11) is 0. The molecule has 0 radical (unpaired) electrons. The van der Waals surface area contributed by atoms with Crippen molar-refractivity contribution in [2.45, 2.75) is 171 Å². The fourth-order valence-electron chi connectivity index (χ4n) is 13.6. The largest absolute Gasteiger partial charge is 0.393 e. The van der Waals surface area contributed by atoms with Crippen molar-refractivity contribution in [3.63, 3.8) is 0 Å². The van der Waals surface area contributed by atoms with Crippen molar-refractivity contribution in [3.8, 4) is 0 Å². The number of hydrogen-bond donors (Lipinski definition) is 2. The molecule has 0 bridgehead atoms. The van der Waals surface area contributed by atoms with Gasteiger partial charge in [-0.15, -0.1) is 0 Å². The van der Waals surface area contributed by atoms with Crippen LogP contribution < -0.4 is 0 Å². The van der Waals surface area contributed by atoms with Gasteiger partial charge in [-0.25, -0.2) is 0 Å². The monoisotopic (exact) mass is 584 g/mol. The van der Waals surface area contributed by atoms with Gasteiger partial charge in [0.2, 0.25) is 0 Å². The molecule has 42 heavy (non-hydrogen) atoms. The number of fused-ring (bicyclic) bond motifs is 7. The molecule has 5 fully saturated rings. The van der Waals surface area contributed by atoms with E-state index in [1.807, 2.05) is 0 Å². The minimum absolute atomic E-state index is 0.00906. The Balaban J connectivity index is 1.43. The smallest absolute Gasteiger partial charge is 0.0599 e. The summed E-state index contributed by atoms with van der Waals surface area (Å²) < 4.78 is 0. The van der Waals surface area contributed by atoms with Gasteiger partial charge in [0.25, 0.3) is 0 Å². The SMILES string of the molecule is C=C(C)[C@@H]1CC[C@]2([C@@H](O)CCCN(C(C)C)C(C)C)CC[C@]3(C)[C@H](CC[C@@H]4[C@@]5(C)CC[C@H](O)C(C)(C)[C@@H]5CC[C@]43C)[C@@H]12. The van der Waals surface area contributed by atoms with Gasteiger partial charge in [-0.3, -0.25) is 4.90 Å². The number of nitrogens with zero attached hydrogens (tertiary/aromatic N) is 1. The molecule has 5 aliphatic carbocycles. The summed E-state index contributed by atoms with van der Waals surface area (Å²) in [6, 6.07) is 1.10. The van der Waals surface area contributed by atoms with Gasteiger partial charge in [0.05, 0.1) is 12.2 Å². The van der Waals surface area contributed by atoms with Crippen LogP contribution in [0.25, 0.3) is 0 Å². The minimum atomic E-state index is -0.197. The molecule has 5 saturated carbocycles. The van der Waals surface area contributed by atoms with Crippen molar-refractivity contribution in [1.82, 2.24) is 4.90 Å². The highest BCUT2D eigenvalue weighted by Crippen LogP contribution is 2.78. The molecule has 5 aliphatic rings.